The molecule has 4 rings (SSSR count). The Bertz CT molecular complexity index is 1060. The number of aliphatic carboxylic acids is 1. The van der Waals surface area contributed by atoms with Gasteiger partial charge in [0.1, 0.15) is 18.2 Å². The number of hydrogen-bond acceptors (Lipinski definition) is 4. The first kappa shape index (κ1) is 24.3. The zero-order valence-electron chi connectivity index (χ0n) is 18.4. The molecular weight excluding hydrogens is 416 g/mol. The summed E-state index contributed by atoms with van der Waals surface area (Å²) in [5.74, 6) is -0.793. The molecule has 0 radical (unpaired) electrons. The molecule has 0 fully saturated rings. The molecule has 0 N–H and O–H groups in total. The molecule has 4 nitrogen and oxygen atoms in total. The minimum atomic E-state index is -1.18. The van der Waals surface area contributed by atoms with Crippen LogP contribution in [0.1, 0.15) is 35.1 Å². The first-order valence-corrected chi connectivity index (χ1v) is 10.6. The Labute approximate surface area is 210 Å². The van der Waals surface area contributed by atoms with Gasteiger partial charge in [-0.2, -0.15) is 0 Å². The number of benzene rings is 3. The second-order valence-electron chi connectivity index (χ2n) is 7.86. The number of para-hydroxylation sites is 1. The van der Waals surface area contributed by atoms with Crippen LogP contribution in [0, 0.1) is 5.82 Å². The predicted molar refractivity (Wildman–Crippen MR) is 116 cm³/mol. The quantitative estimate of drug-likeness (QED) is 0.491. The van der Waals surface area contributed by atoms with Crippen molar-refractivity contribution in [2.24, 2.45) is 0 Å². The number of carboxylic acids is 1. The van der Waals surface area contributed by atoms with Crippen LogP contribution < -0.4 is 44.3 Å². The van der Waals surface area contributed by atoms with Gasteiger partial charge < -0.3 is 19.5 Å². The summed E-state index contributed by atoms with van der Waals surface area (Å²) < 4.78 is 20.5. The fraction of sp³-hybridized carbons (Fsp3) is 0.269. The second kappa shape index (κ2) is 11.5. The van der Waals surface area contributed by atoms with Crippen molar-refractivity contribution in [3.63, 3.8) is 0 Å². The largest absolute Gasteiger partial charge is 1.00 e. The summed E-state index contributed by atoms with van der Waals surface area (Å²) in [5, 5.41) is 10.6. The Hall–Kier alpha value is -2.34. The topological polar surface area (TPSA) is 52.6 Å². The van der Waals surface area contributed by atoms with Crippen molar-refractivity contribution < 1.29 is 48.6 Å². The third-order valence-corrected chi connectivity index (χ3v) is 5.60. The number of nitrogens with zero attached hydrogens (tertiary/aromatic N) is 1. The Balaban J connectivity index is 0.00000289. The van der Waals surface area contributed by atoms with E-state index in [2.05, 4.69) is 23.1 Å². The van der Waals surface area contributed by atoms with Gasteiger partial charge in [0.25, 0.3) is 0 Å². The maximum Gasteiger partial charge on any atom is 1.00 e. The molecule has 1 heterocycles. The van der Waals surface area contributed by atoms with Crippen LogP contribution in [0.25, 0.3) is 0 Å². The number of halogens is 1. The minimum Gasteiger partial charge on any atom is -0.550 e. The van der Waals surface area contributed by atoms with Crippen molar-refractivity contribution in [2.45, 2.75) is 38.8 Å². The second-order valence-corrected chi connectivity index (χ2v) is 7.86. The molecule has 3 aromatic rings. The summed E-state index contributed by atoms with van der Waals surface area (Å²) in [4.78, 5) is 13.0. The van der Waals surface area contributed by atoms with Crippen LogP contribution in [-0.4, -0.2) is 12.5 Å². The van der Waals surface area contributed by atoms with Crippen LogP contribution >= 0.6 is 0 Å². The van der Waals surface area contributed by atoms with Crippen molar-refractivity contribution in [1.82, 2.24) is 0 Å². The van der Waals surface area contributed by atoms with E-state index in [4.69, 9.17) is 4.74 Å². The van der Waals surface area contributed by atoms with Crippen molar-refractivity contribution in [3.8, 4) is 5.75 Å². The van der Waals surface area contributed by atoms with Gasteiger partial charge in [0.05, 0.1) is 5.69 Å². The van der Waals surface area contributed by atoms with E-state index in [1.165, 1.54) is 17.2 Å². The molecule has 0 unspecified atom stereocenters. The van der Waals surface area contributed by atoms with Crippen molar-refractivity contribution in [2.75, 3.05) is 11.4 Å². The zero-order valence-corrected chi connectivity index (χ0v) is 20.4. The van der Waals surface area contributed by atoms with Crippen LogP contribution in [0.15, 0.2) is 66.7 Å². The number of fused-ring (bicyclic) bond motifs is 1. The van der Waals surface area contributed by atoms with Gasteiger partial charge in [-0.25, -0.2) is 4.39 Å². The fourth-order valence-electron chi connectivity index (χ4n) is 4.06. The average molecular weight is 441 g/mol. The molecule has 3 aromatic carbocycles. The number of ether oxygens (including phenoxy) is 1. The van der Waals surface area contributed by atoms with Crippen LogP contribution in [0.4, 0.5) is 10.1 Å². The maximum atomic E-state index is 14.3. The number of rotatable bonds is 8. The van der Waals surface area contributed by atoms with Gasteiger partial charge in [0.2, 0.25) is 0 Å². The first-order chi connectivity index (χ1) is 15.1. The van der Waals surface area contributed by atoms with Crippen LogP contribution in [0.3, 0.4) is 0 Å². The molecule has 0 aliphatic carbocycles. The SMILES string of the molecule is O=C([O-])CCc1ccc(COc2cccc3c2N(Cc2ccccc2)CCC3)cc1F.[Na+]. The summed E-state index contributed by atoms with van der Waals surface area (Å²) in [6, 6.07) is 21.3. The molecule has 6 heteroatoms. The molecule has 0 spiro atoms. The molecule has 0 amide bonds. The molecule has 0 saturated carbocycles. The smallest absolute Gasteiger partial charge is 0.550 e. The molecule has 32 heavy (non-hydrogen) atoms. The van der Waals surface area contributed by atoms with E-state index >= 15 is 0 Å². The maximum absolute atomic E-state index is 14.3. The van der Waals surface area contributed by atoms with Gasteiger partial charge in [-0.1, -0.05) is 54.6 Å². The summed E-state index contributed by atoms with van der Waals surface area (Å²) in [7, 11) is 0. The Morgan fingerprint density at radius 2 is 1.84 bits per heavy atom. The van der Waals surface area contributed by atoms with E-state index < -0.39 is 11.8 Å². The molecule has 1 aliphatic rings. The third-order valence-electron chi connectivity index (χ3n) is 5.60. The van der Waals surface area contributed by atoms with Gasteiger partial charge in [-0.05, 0) is 60.1 Å². The molecule has 0 saturated heterocycles. The number of hydrogen-bond donors (Lipinski definition) is 0. The molecular formula is C26H25FNNaO3. The van der Waals surface area contributed by atoms with Crippen LogP contribution in [0.2, 0.25) is 0 Å². The van der Waals surface area contributed by atoms with E-state index in [0.29, 0.717) is 11.1 Å². The molecule has 160 valence electrons. The summed E-state index contributed by atoms with van der Waals surface area (Å²) in [5.41, 5.74) is 4.71. The van der Waals surface area contributed by atoms with Gasteiger partial charge in [0, 0.05) is 19.1 Å². The molecule has 1 aliphatic heterocycles. The van der Waals surface area contributed by atoms with Crippen molar-refractivity contribution in [3.05, 3.63) is 94.8 Å². The number of carboxylic acid groups (broad SMARTS) is 1. The Kier molecular flexibility index (Phi) is 8.74. The number of carbonyl (C=O) groups is 1. The van der Waals surface area contributed by atoms with Gasteiger partial charge in [-0.3, -0.25) is 0 Å². The van der Waals surface area contributed by atoms with Crippen LogP contribution in [-0.2, 0) is 30.8 Å². The average Bonchev–Trinajstić information content (AvgIpc) is 2.77. The van der Waals surface area contributed by atoms with Crippen LogP contribution in [0.5, 0.6) is 5.75 Å². The van der Waals surface area contributed by atoms with Gasteiger partial charge in [-0.15, -0.1) is 0 Å². The van der Waals surface area contributed by atoms with Crippen molar-refractivity contribution >= 4 is 11.7 Å². The van der Waals surface area contributed by atoms with Crippen molar-refractivity contribution in [1.29, 1.82) is 0 Å². The fourth-order valence-corrected chi connectivity index (χ4v) is 4.06. The van der Waals surface area contributed by atoms with Gasteiger partial charge >= 0.3 is 29.6 Å². The normalized spacial score (nSPS) is 12.6. The van der Waals surface area contributed by atoms with Gasteiger partial charge in [0.15, 0.2) is 0 Å². The predicted octanol–water partition coefficient (Wildman–Crippen LogP) is 1.04. The number of anilines is 1. The van der Waals surface area contributed by atoms with E-state index in [-0.39, 0.29) is 49.0 Å². The third kappa shape index (κ3) is 6.12. The first-order valence-electron chi connectivity index (χ1n) is 10.6. The number of carbonyl (C=O) groups excluding carboxylic acids is 1. The standard InChI is InChI=1S/C26H26FNO3.Na/c27-23-16-20(11-12-21(23)13-14-25(29)30)18-31-24-10-4-8-22-9-5-15-28(26(22)24)17-19-6-2-1-3-7-19;/h1-4,6-8,10-12,16H,5,9,13-15,17-18H2,(H,29,30);/q;+1/p-1. The number of aryl methyl sites for hydroxylation is 2. The molecule has 0 atom stereocenters. The van der Waals surface area contributed by atoms with E-state index in [9.17, 15) is 14.3 Å². The summed E-state index contributed by atoms with van der Waals surface area (Å²) in [6.45, 7) is 2.02. The van der Waals surface area contributed by atoms with E-state index in [1.807, 2.05) is 30.3 Å². The van der Waals surface area contributed by atoms with E-state index in [0.717, 1.165) is 37.4 Å². The summed E-state index contributed by atoms with van der Waals surface area (Å²) >= 11 is 0. The van der Waals surface area contributed by atoms with E-state index in [1.54, 1.807) is 12.1 Å². The minimum absolute atomic E-state index is 0. The Morgan fingerprint density at radius 3 is 2.59 bits per heavy atom. The monoisotopic (exact) mass is 441 g/mol. The molecule has 0 bridgehead atoms. The zero-order chi connectivity index (χ0) is 21.6. The Morgan fingerprint density at radius 1 is 1.03 bits per heavy atom. The molecule has 0 aromatic heterocycles. The summed E-state index contributed by atoms with van der Waals surface area (Å²) in [6.07, 6.45) is 2.04.